The Balaban J connectivity index is 1.42. The Morgan fingerprint density at radius 3 is 1.30 bits per heavy atom. The monoisotopic (exact) mass is 882 g/mol. The third kappa shape index (κ3) is 6.32. The average Bonchev–Trinajstić information content (AvgIpc) is 3.87. The van der Waals surface area contributed by atoms with Gasteiger partial charge in [-0.2, -0.15) is 0 Å². The van der Waals surface area contributed by atoms with Crippen molar-refractivity contribution in [2.24, 2.45) is 0 Å². The number of benzene rings is 6. The lowest BCUT2D eigenvalue weighted by molar-refractivity contribution is 0.561. The summed E-state index contributed by atoms with van der Waals surface area (Å²) in [5.74, 6) is 0.963. The molecule has 0 aliphatic carbocycles. The second-order valence-electron chi connectivity index (χ2n) is 25.2. The normalized spacial score (nSPS) is 14.6. The van der Waals surface area contributed by atoms with Crippen LogP contribution in [0.1, 0.15) is 143 Å². The maximum atomic E-state index is 7.29. The molecule has 0 N–H and O–H groups in total. The van der Waals surface area contributed by atoms with Crippen molar-refractivity contribution in [2.45, 2.75) is 145 Å². The maximum absolute atomic E-state index is 7.29. The van der Waals surface area contributed by atoms with Crippen LogP contribution in [0.2, 0.25) is 0 Å². The van der Waals surface area contributed by atoms with Gasteiger partial charge in [0.25, 0.3) is 6.71 Å². The predicted molar refractivity (Wildman–Crippen MR) is 290 cm³/mol. The first-order valence-electron chi connectivity index (χ1n) is 24.6. The Bertz CT molecular complexity index is 3490. The van der Waals surface area contributed by atoms with Crippen LogP contribution in [0.25, 0.3) is 38.1 Å². The van der Waals surface area contributed by atoms with E-state index in [1.54, 1.807) is 0 Å². The van der Waals surface area contributed by atoms with E-state index in [-0.39, 0.29) is 33.8 Å². The van der Waals surface area contributed by atoms with Gasteiger partial charge in [-0.05, 0) is 134 Å². The van der Waals surface area contributed by atoms with Crippen LogP contribution < -0.4 is 26.4 Å². The average molecular weight is 882 g/mol. The Morgan fingerprint density at radius 1 is 0.433 bits per heavy atom. The summed E-state index contributed by atoms with van der Waals surface area (Å²) >= 11 is 0. The summed E-state index contributed by atoms with van der Waals surface area (Å²) in [6.07, 6.45) is 0. The quantitative estimate of drug-likeness (QED) is 0.162. The highest BCUT2D eigenvalue weighted by atomic mass is 16.3. The largest absolute Gasteiger partial charge is 0.473 e. The molecule has 0 radical (unpaired) electrons. The predicted octanol–water partition coefficient (Wildman–Crippen LogP) is 15.6. The fraction of sp³-hybridized carbons (Fsp3) is 0.355. The van der Waals surface area contributed by atoms with E-state index in [0.717, 1.165) is 28.5 Å². The van der Waals surface area contributed by atoms with E-state index < -0.39 is 0 Å². The molecule has 0 saturated carbocycles. The SMILES string of the molecule is Cc1oc2c(c1C)N(c1ccc(C(C)(C)C)cc1)c1c3c(c4c5cc(C(C)(C)C)ccc5n5c6ccc(C(C)(C)C)cc6c1c45)N(c1ccc(C(C)(C)C)cc1)c1ccc(C(C)(C)C)cc1B23. The molecule has 0 fully saturated rings. The van der Waals surface area contributed by atoms with Gasteiger partial charge in [-0.1, -0.05) is 152 Å². The summed E-state index contributed by atoms with van der Waals surface area (Å²) in [6.45, 7) is 39.2. The van der Waals surface area contributed by atoms with Gasteiger partial charge in [0.15, 0.2) is 0 Å². The molecule has 0 unspecified atom stereocenters. The molecule has 0 atom stereocenters. The minimum Gasteiger partial charge on any atom is -0.473 e. The van der Waals surface area contributed by atoms with E-state index in [1.807, 2.05) is 0 Å². The number of hydrogen-bond acceptors (Lipinski definition) is 3. The topological polar surface area (TPSA) is 24.0 Å². The van der Waals surface area contributed by atoms with Crippen molar-refractivity contribution in [3.05, 3.63) is 142 Å². The van der Waals surface area contributed by atoms with Crippen molar-refractivity contribution in [3.63, 3.8) is 0 Å². The summed E-state index contributed by atoms with van der Waals surface area (Å²) in [6, 6.07) is 40.8. The van der Waals surface area contributed by atoms with Crippen LogP contribution in [-0.4, -0.2) is 11.1 Å². The summed E-state index contributed by atoms with van der Waals surface area (Å²) in [5.41, 5.74) is 22.2. The van der Waals surface area contributed by atoms with E-state index in [0.29, 0.717) is 0 Å². The van der Waals surface area contributed by atoms with Crippen LogP contribution in [0.3, 0.4) is 0 Å². The molecule has 4 nitrogen and oxygen atoms in total. The van der Waals surface area contributed by atoms with Crippen molar-refractivity contribution in [2.75, 3.05) is 9.80 Å². The van der Waals surface area contributed by atoms with Gasteiger partial charge in [-0.3, -0.25) is 0 Å². The number of anilines is 6. The van der Waals surface area contributed by atoms with Gasteiger partial charge < -0.3 is 18.6 Å². The highest BCUT2D eigenvalue weighted by Crippen LogP contribution is 2.56. The Morgan fingerprint density at radius 2 is 0.836 bits per heavy atom. The fourth-order valence-electron chi connectivity index (χ4n) is 11.3. The van der Waals surface area contributed by atoms with Crippen molar-refractivity contribution < 1.29 is 4.42 Å². The molecule has 2 aliphatic heterocycles. The molecule has 2 aliphatic rings. The molecule has 0 amide bonds. The van der Waals surface area contributed by atoms with Crippen LogP contribution in [-0.2, 0) is 27.1 Å². The summed E-state index contributed by atoms with van der Waals surface area (Å²) in [7, 11) is 0. The van der Waals surface area contributed by atoms with Crippen LogP contribution in [0.4, 0.5) is 34.1 Å². The lowest BCUT2D eigenvalue weighted by Crippen LogP contribution is -2.61. The van der Waals surface area contributed by atoms with E-state index in [9.17, 15) is 0 Å². The lowest BCUT2D eigenvalue weighted by Gasteiger charge is -2.44. The molecule has 5 heterocycles. The number of rotatable bonds is 2. The summed E-state index contributed by atoms with van der Waals surface area (Å²) < 4.78 is 9.91. The molecule has 0 saturated heterocycles. The van der Waals surface area contributed by atoms with Crippen molar-refractivity contribution in [3.8, 4) is 0 Å². The molecule has 340 valence electrons. The number of hydrogen-bond donors (Lipinski definition) is 0. The summed E-state index contributed by atoms with van der Waals surface area (Å²) in [5, 5.41) is 5.18. The second-order valence-corrected chi connectivity index (χ2v) is 25.2. The third-order valence-corrected chi connectivity index (χ3v) is 15.5. The van der Waals surface area contributed by atoms with Gasteiger partial charge in [0, 0.05) is 44.2 Å². The van der Waals surface area contributed by atoms with E-state index >= 15 is 0 Å². The van der Waals surface area contributed by atoms with Gasteiger partial charge in [-0.25, -0.2) is 0 Å². The van der Waals surface area contributed by atoms with Crippen molar-refractivity contribution in [1.82, 2.24) is 4.40 Å². The second kappa shape index (κ2) is 13.8. The zero-order valence-corrected chi connectivity index (χ0v) is 43.1. The van der Waals surface area contributed by atoms with Crippen LogP contribution >= 0.6 is 0 Å². The molecule has 67 heavy (non-hydrogen) atoms. The standard InChI is InChI=1S/C62H68BN3O/c1-35-36(2)67-57-53(35)65(43-27-20-38(21-28-43)59(6,7)8)56-51-45-33-40(61(12,13)14)23-30-48(45)66-47-29-22-39(60(9,10)11)32-44(47)50(54(51)66)55-52(56)63(57)46-34-41(62(15,16)17)24-31-49(46)64(55)42-25-18-37(19-26-42)58(3,4)5/h18-34H,1-17H3. The molecule has 3 aromatic heterocycles. The smallest absolute Gasteiger partial charge is 0.297 e. The first-order chi connectivity index (χ1) is 31.2. The molecule has 11 rings (SSSR count). The minimum absolute atomic E-state index is 0.0115. The van der Waals surface area contributed by atoms with Gasteiger partial charge in [0.1, 0.15) is 5.76 Å². The molecule has 9 aromatic rings. The molecule has 0 bridgehead atoms. The van der Waals surface area contributed by atoms with Gasteiger partial charge in [0.05, 0.1) is 39.3 Å². The van der Waals surface area contributed by atoms with E-state index in [1.165, 1.54) is 99.5 Å². The molecule has 0 spiro atoms. The van der Waals surface area contributed by atoms with Gasteiger partial charge in [-0.15, -0.1) is 0 Å². The van der Waals surface area contributed by atoms with Gasteiger partial charge >= 0.3 is 0 Å². The first kappa shape index (κ1) is 43.6. The van der Waals surface area contributed by atoms with Crippen LogP contribution in [0, 0.1) is 13.8 Å². The van der Waals surface area contributed by atoms with E-state index in [2.05, 4.69) is 235 Å². The maximum Gasteiger partial charge on any atom is 0.297 e. The molecule has 5 heteroatoms. The Labute approximate surface area is 399 Å². The van der Waals surface area contributed by atoms with Crippen molar-refractivity contribution >= 4 is 95.5 Å². The zero-order valence-electron chi connectivity index (χ0n) is 43.1. The number of nitrogens with zero attached hydrogens (tertiary/aromatic N) is 3. The number of aromatic nitrogens is 1. The van der Waals surface area contributed by atoms with Crippen LogP contribution in [0.15, 0.2) is 108 Å². The minimum atomic E-state index is -0.167. The third-order valence-electron chi connectivity index (χ3n) is 15.5. The van der Waals surface area contributed by atoms with Crippen LogP contribution in [0.5, 0.6) is 0 Å². The Kier molecular flexibility index (Phi) is 9.01. The molecular weight excluding hydrogens is 814 g/mol. The zero-order chi connectivity index (χ0) is 47.8. The number of furan rings is 1. The fourth-order valence-corrected chi connectivity index (χ4v) is 11.3. The summed E-state index contributed by atoms with van der Waals surface area (Å²) in [4.78, 5) is 5.24. The Hall–Kier alpha value is -5.94. The van der Waals surface area contributed by atoms with Crippen molar-refractivity contribution in [1.29, 1.82) is 0 Å². The highest BCUT2D eigenvalue weighted by molar-refractivity contribution is 7.00. The van der Waals surface area contributed by atoms with E-state index in [4.69, 9.17) is 4.42 Å². The lowest BCUT2D eigenvalue weighted by atomic mass is 9.35. The molecular formula is C62H68BN3O. The highest BCUT2D eigenvalue weighted by Gasteiger charge is 2.50. The molecule has 6 aromatic carbocycles. The first-order valence-corrected chi connectivity index (χ1v) is 24.6. The number of fused-ring (bicyclic) bond motifs is 12. The number of aryl methyl sites for hydroxylation is 1. The van der Waals surface area contributed by atoms with Gasteiger partial charge in [0.2, 0.25) is 0 Å².